The van der Waals surface area contributed by atoms with E-state index in [0.717, 1.165) is 41.7 Å². The van der Waals surface area contributed by atoms with Crippen LogP contribution in [0.25, 0.3) is 10.8 Å². The second-order valence-corrected chi connectivity index (χ2v) is 9.08. The minimum Gasteiger partial charge on any atom is -0.463 e. The summed E-state index contributed by atoms with van der Waals surface area (Å²) < 4.78 is 10.3. The minimum atomic E-state index is -0.478. The highest BCUT2D eigenvalue weighted by Crippen LogP contribution is 2.33. The minimum absolute atomic E-state index is 0.131. The zero-order valence-electron chi connectivity index (χ0n) is 17.9. The summed E-state index contributed by atoms with van der Waals surface area (Å²) in [6, 6.07) is 15.3. The summed E-state index contributed by atoms with van der Waals surface area (Å²) in [5.41, 5.74) is 0. The first-order valence-electron chi connectivity index (χ1n) is 10.5. The average molecular weight is 473 g/mol. The number of furan rings is 1. The van der Waals surface area contributed by atoms with Gasteiger partial charge in [-0.25, -0.2) is 4.79 Å². The maximum atomic E-state index is 12.9. The molecule has 0 saturated carbocycles. The van der Waals surface area contributed by atoms with Crippen LogP contribution in [0.1, 0.15) is 22.7 Å². The maximum absolute atomic E-state index is 12.9. The average Bonchev–Trinajstić information content (AvgIpc) is 3.14. The van der Waals surface area contributed by atoms with Crippen molar-refractivity contribution in [2.24, 2.45) is 0 Å². The molecular formula is C24H25ClN2O4S. The Kier molecular flexibility index (Phi) is 7.40. The number of methoxy groups -OCH3 is 1. The third-order valence-electron chi connectivity index (χ3n) is 5.54. The van der Waals surface area contributed by atoms with Gasteiger partial charge in [-0.05, 0) is 36.1 Å². The van der Waals surface area contributed by atoms with Gasteiger partial charge < -0.3 is 14.1 Å². The monoisotopic (exact) mass is 472 g/mol. The second-order valence-electron chi connectivity index (χ2n) is 7.65. The number of benzene rings is 2. The number of thioether (sulfide) groups is 1. The van der Waals surface area contributed by atoms with Crippen molar-refractivity contribution in [2.45, 2.75) is 17.9 Å². The summed E-state index contributed by atoms with van der Waals surface area (Å²) in [7, 11) is 1.33. The first-order valence-corrected chi connectivity index (χ1v) is 11.9. The molecule has 6 nitrogen and oxygen atoms in total. The van der Waals surface area contributed by atoms with Gasteiger partial charge in [0.2, 0.25) is 11.7 Å². The van der Waals surface area contributed by atoms with Crippen molar-refractivity contribution in [3.8, 4) is 0 Å². The van der Waals surface area contributed by atoms with Crippen LogP contribution in [0, 0.1) is 0 Å². The molecule has 1 saturated heterocycles. The molecule has 1 aliphatic heterocycles. The first kappa shape index (κ1) is 22.7. The van der Waals surface area contributed by atoms with E-state index in [9.17, 15) is 9.59 Å². The van der Waals surface area contributed by atoms with Gasteiger partial charge in [0.1, 0.15) is 5.76 Å². The third-order valence-corrected chi connectivity index (χ3v) is 6.89. The molecule has 8 heteroatoms. The van der Waals surface area contributed by atoms with Gasteiger partial charge in [-0.3, -0.25) is 9.69 Å². The Balaban J connectivity index is 1.32. The highest BCUT2D eigenvalue weighted by molar-refractivity contribution is 8.00. The molecule has 0 atom stereocenters. The van der Waals surface area contributed by atoms with E-state index in [1.807, 2.05) is 41.3 Å². The predicted molar refractivity (Wildman–Crippen MR) is 126 cm³/mol. The van der Waals surface area contributed by atoms with Gasteiger partial charge in [-0.2, -0.15) is 0 Å². The van der Waals surface area contributed by atoms with Crippen molar-refractivity contribution >= 4 is 46.0 Å². The smallest absolute Gasteiger partial charge is 0.373 e. The van der Waals surface area contributed by atoms with Gasteiger partial charge in [-0.15, -0.1) is 11.8 Å². The molecule has 0 radical (unpaired) electrons. The van der Waals surface area contributed by atoms with Crippen LogP contribution < -0.4 is 0 Å². The number of rotatable bonds is 6. The van der Waals surface area contributed by atoms with Crippen molar-refractivity contribution in [3.05, 3.63) is 65.1 Å². The molecule has 1 aromatic heterocycles. The molecule has 32 heavy (non-hydrogen) atoms. The number of esters is 1. The van der Waals surface area contributed by atoms with E-state index in [4.69, 9.17) is 16.0 Å². The van der Waals surface area contributed by atoms with E-state index < -0.39 is 5.97 Å². The van der Waals surface area contributed by atoms with Gasteiger partial charge in [0.25, 0.3) is 0 Å². The Morgan fingerprint density at radius 1 is 1.06 bits per heavy atom. The molecule has 0 N–H and O–H groups in total. The second kappa shape index (κ2) is 10.4. The van der Waals surface area contributed by atoms with E-state index in [0.29, 0.717) is 29.6 Å². The van der Waals surface area contributed by atoms with Crippen LogP contribution in [-0.4, -0.2) is 60.7 Å². The van der Waals surface area contributed by atoms with Crippen LogP contribution in [0.4, 0.5) is 0 Å². The Bertz CT molecular complexity index is 1110. The number of nitrogens with zero attached hydrogens (tertiary/aromatic N) is 2. The van der Waals surface area contributed by atoms with E-state index in [1.165, 1.54) is 18.9 Å². The number of carbonyl (C=O) groups excluding carboxylic acids is 2. The molecular weight excluding hydrogens is 448 g/mol. The Labute approximate surface area is 196 Å². The van der Waals surface area contributed by atoms with Crippen molar-refractivity contribution in [1.82, 2.24) is 9.80 Å². The van der Waals surface area contributed by atoms with Crippen LogP contribution in [0.5, 0.6) is 0 Å². The topological polar surface area (TPSA) is 63.0 Å². The van der Waals surface area contributed by atoms with Crippen LogP contribution in [0.2, 0.25) is 5.02 Å². The number of amides is 1. The van der Waals surface area contributed by atoms with E-state index in [2.05, 4.69) is 9.64 Å². The normalized spacial score (nSPS) is 15.0. The Morgan fingerprint density at radius 3 is 2.69 bits per heavy atom. The van der Waals surface area contributed by atoms with Crippen molar-refractivity contribution in [2.75, 3.05) is 39.0 Å². The van der Waals surface area contributed by atoms with Gasteiger partial charge >= 0.3 is 5.97 Å². The van der Waals surface area contributed by atoms with E-state index in [-0.39, 0.29) is 11.7 Å². The summed E-state index contributed by atoms with van der Waals surface area (Å²) in [5.74, 6) is 0.958. The summed E-state index contributed by atoms with van der Waals surface area (Å²) in [6.45, 7) is 3.62. The van der Waals surface area contributed by atoms with E-state index in [1.54, 1.807) is 12.1 Å². The van der Waals surface area contributed by atoms with Crippen molar-refractivity contribution in [1.29, 1.82) is 0 Å². The number of halogens is 1. The molecule has 0 bridgehead atoms. The molecule has 1 amide bonds. The van der Waals surface area contributed by atoms with E-state index >= 15 is 0 Å². The SMILES string of the molecule is COC(=O)c1ccc(CN2CCCN(C(=O)CSc3cccc4cccc(Cl)c34)CC2)o1. The fourth-order valence-electron chi connectivity index (χ4n) is 3.89. The summed E-state index contributed by atoms with van der Waals surface area (Å²) in [6.07, 6.45) is 0.890. The lowest BCUT2D eigenvalue weighted by atomic mass is 10.1. The summed E-state index contributed by atoms with van der Waals surface area (Å²) in [5, 5.41) is 2.78. The lowest BCUT2D eigenvalue weighted by Crippen LogP contribution is -2.36. The largest absolute Gasteiger partial charge is 0.463 e. The number of fused-ring (bicyclic) bond motifs is 1. The molecule has 1 fully saturated rings. The van der Waals surface area contributed by atoms with Crippen LogP contribution in [-0.2, 0) is 16.1 Å². The van der Waals surface area contributed by atoms with Crippen molar-refractivity contribution < 1.29 is 18.7 Å². The lowest BCUT2D eigenvalue weighted by Gasteiger charge is -2.21. The number of hydrogen-bond acceptors (Lipinski definition) is 6. The molecule has 1 aliphatic rings. The van der Waals surface area contributed by atoms with Crippen LogP contribution in [0.15, 0.2) is 57.8 Å². The zero-order valence-corrected chi connectivity index (χ0v) is 19.5. The maximum Gasteiger partial charge on any atom is 0.373 e. The fraction of sp³-hybridized carbons (Fsp3) is 0.333. The molecule has 3 aromatic rings. The fourth-order valence-corrected chi connectivity index (χ4v) is 5.23. The quantitative estimate of drug-likeness (QED) is 0.383. The molecule has 0 unspecified atom stereocenters. The summed E-state index contributed by atoms with van der Waals surface area (Å²) in [4.78, 5) is 29.7. The molecule has 0 aliphatic carbocycles. The van der Waals surface area contributed by atoms with Gasteiger partial charge in [0, 0.05) is 41.5 Å². The van der Waals surface area contributed by atoms with Gasteiger partial charge in [-0.1, -0.05) is 35.9 Å². The molecule has 2 heterocycles. The third kappa shape index (κ3) is 5.28. The highest BCUT2D eigenvalue weighted by Gasteiger charge is 2.21. The number of hydrogen-bond donors (Lipinski definition) is 0. The lowest BCUT2D eigenvalue weighted by molar-refractivity contribution is -0.128. The predicted octanol–water partition coefficient (Wildman–Crippen LogP) is 4.70. The Morgan fingerprint density at radius 2 is 1.88 bits per heavy atom. The van der Waals surface area contributed by atoms with Gasteiger partial charge in [0.15, 0.2) is 0 Å². The molecule has 0 spiro atoms. The zero-order chi connectivity index (χ0) is 22.5. The molecule has 2 aromatic carbocycles. The number of carbonyl (C=O) groups is 2. The molecule has 168 valence electrons. The first-order chi connectivity index (χ1) is 15.5. The van der Waals surface area contributed by atoms with Gasteiger partial charge in [0.05, 0.1) is 19.4 Å². The molecule has 4 rings (SSSR count). The standard InChI is InChI=1S/C24H25ClN2O4S/c1-30-24(29)20-10-9-18(31-20)15-26-11-4-12-27(14-13-26)22(28)16-32-21-8-3-6-17-5-2-7-19(25)23(17)21/h2-3,5-10H,4,11-16H2,1H3. The highest BCUT2D eigenvalue weighted by atomic mass is 35.5. The number of ether oxygens (including phenoxy) is 1. The Hall–Kier alpha value is -2.48. The van der Waals surface area contributed by atoms with Crippen LogP contribution >= 0.6 is 23.4 Å². The van der Waals surface area contributed by atoms with Crippen molar-refractivity contribution in [3.63, 3.8) is 0 Å². The van der Waals surface area contributed by atoms with Crippen LogP contribution in [0.3, 0.4) is 0 Å². The summed E-state index contributed by atoms with van der Waals surface area (Å²) >= 11 is 7.95.